The van der Waals surface area contributed by atoms with Crippen LogP contribution in [0.2, 0.25) is 5.02 Å². The van der Waals surface area contributed by atoms with Crippen LogP contribution in [0, 0.1) is 5.82 Å². The molecule has 1 amide bonds. The summed E-state index contributed by atoms with van der Waals surface area (Å²) in [4.78, 5) is 12.3. The van der Waals surface area contributed by atoms with Gasteiger partial charge >= 0.3 is 0 Å². The fourth-order valence-electron chi connectivity index (χ4n) is 2.27. The summed E-state index contributed by atoms with van der Waals surface area (Å²) in [6.45, 7) is 0. The van der Waals surface area contributed by atoms with Gasteiger partial charge in [-0.25, -0.2) is 12.8 Å². The zero-order valence-electron chi connectivity index (χ0n) is 13.3. The van der Waals surface area contributed by atoms with Gasteiger partial charge in [0.25, 0.3) is 5.91 Å². The number of carbonyl (C=O) groups is 1. The molecule has 1 N–H and O–H groups in total. The number of hydrogen-bond donors (Lipinski definition) is 1. The van der Waals surface area contributed by atoms with Crippen LogP contribution in [0.4, 0.5) is 10.1 Å². The molecule has 0 aromatic heterocycles. The summed E-state index contributed by atoms with van der Waals surface area (Å²) in [6.07, 6.45) is 0. The number of sulfone groups is 1. The van der Waals surface area contributed by atoms with Crippen molar-refractivity contribution < 1.29 is 17.6 Å². The van der Waals surface area contributed by atoms with E-state index in [0.717, 1.165) is 0 Å². The van der Waals surface area contributed by atoms with Gasteiger partial charge in [-0.2, -0.15) is 0 Å². The van der Waals surface area contributed by atoms with E-state index in [-0.39, 0.29) is 9.79 Å². The molecule has 3 aromatic rings. The molecule has 0 bridgehead atoms. The molecule has 3 aromatic carbocycles. The van der Waals surface area contributed by atoms with Crippen molar-refractivity contribution >= 4 is 33.0 Å². The molecule has 132 valence electrons. The second kappa shape index (κ2) is 7.27. The molecule has 0 saturated carbocycles. The number of hydrogen-bond acceptors (Lipinski definition) is 3. The Morgan fingerprint density at radius 1 is 0.808 bits per heavy atom. The first kappa shape index (κ1) is 18.1. The third kappa shape index (κ3) is 3.92. The first-order valence-electron chi connectivity index (χ1n) is 7.54. The van der Waals surface area contributed by atoms with E-state index in [4.69, 9.17) is 11.6 Å². The van der Waals surface area contributed by atoms with Crippen molar-refractivity contribution in [3.05, 3.63) is 89.2 Å². The van der Waals surface area contributed by atoms with E-state index in [1.165, 1.54) is 72.8 Å². The van der Waals surface area contributed by atoms with E-state index >= 15 is 0 Å². The van der Waals surface area contributed by atoms with E-state index in [1.807, 2.05) is 0 Å². The first-order valence-corrected chi connectivity index (χ1v) is 9.40. The summed E-state index contributed by atoms with van der Waals surface area (Å²) in [7, 11) is -3.67. The van der Waals surface area contributed by atoms with Crippen LogP contribution in [0.25, 0.3) is 0 Å². The van der Waals surface area contributed by atoms with Gasteiger partial charge in [0.1, 0.15) is 5.82 Å². The topological polar surface area (TPSA) is 63.2 Å². The minimum atomic E-state index is -3.67. The first-order chi connectivity index (χ1) is 12.4. The molecule has 4 nitrogen and oxygen atoms in total. The Bertz CT molecular complexity index is 1030. The van der Waals surface area contributed by atoms with Gasteiger partial charge in [-0.3, -0.25) is 4.79 Å². The summed E-state index contributed by atoms with van der Waals surface area (Å²) in [5, 5.41) is 3.08. The van der Waals surface area contributed by atoms with Gasteiger partial charge in [-0.15, -0.1) is 0 Å². The number of amides is 1. The lowest BCUT2D eigenvalue weighted by molar-refractivity contribution is 0.102. The largest absolute Gasteiger partial charge is 0.322 e. The average molecular weight is 390 g/mol. The predicted octanol–water partition coefficient (Wildman–Crippen LogP) is 4.56. The van der Waals surface area contributed by atoms with Gasteiger partial charge in [0.15, 0.2) is 0 Å². The van der Waals surface area contributed by atoms with Gasteiger partial charge in [0.05, 0.1) is 9.79 Å². The van der Waals surface area contributed by atoms with Crippen molar-refractivity contribution in [3.8, 4) is 0 Å². The third-order valence-electron chi connectivity index (χ3n) is 3.65. The predicted molar refractivity (Wildman–Crippen MR) is 97.7 cm³/mol. The lowest BCUT2D eigenvalue weighted by Crippen LogP contribution is -2.12. The van der Waals surface area contributed by atoms with Crippen LogP contribution < -0.4 is 5.32 Å². The maximum Gasteiger partial charge on any atom is 0.255 e. The summed E-state index contributed by atoms with van der Waals surface area (Å²) in [6, 6.07) is 16.8. The molecule has 7 heteroatoms. The fraction of sp³-hybridized carbons (Fsp3) is 0. The number of anilines is 1. The zero-order valence-corrected chi connectivity index (χ0v) is 14.9. The van der Waals surface area contributed by atoms with Crippen LogP contribution in [-0.2, 0) is 9.84 Å². The summed E-state index contributed by atoms with van der Waals surface area (Å²) < 4.78 is 38.0. The molecule has 0 heterocycles. The third-order valence-corrected chi connectivity index (χ3v) is 5.69. The summed E-state index contributed by atoms with van der Waals surface area (Å²) >= 11 is 5.78. The monoisotopic (exact) mass is 389 g/mol. The summed E-state index contributed by atoms with van der Waals surface area (Å²) in [5.74, 6) is -0.850. The van der Waals surface area contributed by atoms with Gasteiger partial charge < -0.3 is 5.32 Å². The molecular formula is C19H13ClFNO3S. The zero-order chi connectivity index (χ0) is 18.7. The molecule has 0 aliphatic carbocycles. The maximum absolute atomic E-state index is 12.9. The fourth-order valence-corrected chi connectivity index (χ4v) is 3.66. The standard InChI is InChI=1S/C19H13ClFNO3S/c20-14-3-9-17(10-4-14)26(24,25)18-11-7-16(8-12-18)22-19(23)13-1-5-15(21)6-2-13/h1-12H,(H,22,23). The van der Waals surface area contributed by atoms with Crippen molar-refractivity contribution in [2.45, 2.75) is 9.79 Å². The Labute approximate surface area is 155 Å². The van der Waals surface area contributed by atoms with Crippen molar-refractivity contribution in [1.29, 1.82) is 0 Å². The Morgan fingerprint density at radius 2 is 1.31 bits per heavy atom. The highest BCUT2D eigenvalue weighted by Crippen LogP contribution is 2.24. The molecule has 26 heavy (non-hydrogen) atoms. The normalized spacial score (nSPS) is 11.2. The number of rotatable bonds is 4. The maximum atomic E-state index is 12.9. The SMILES string of the molecule is O=C(Nc1ccc(S(=O)(=O)c2ccc(Cl)cc2)cc1)c1ccc(F)cc1. The molecule has 3 rings (SSSR count). The molecule has 0 unspecified atom stereocenters. The van der Waals surface area contributed by atoms with E-state index in [0.29, 0.717) is 16.3 Å². The molecule has 0 saturated heterocycles. The van der Waals surface area contributed by atoms with Crippen LogP contribution in [0.5, 0.6) is 0 Å². The van der Waals surface area contributed by atoms with E-state index in [2.05, 4.69) is 5.32 Å². The summed E-state index contributed by atoms with van der Waals surface area (Å²) in [5.41, 5.74) is 0.721. The van der Waals surface area contributed by atoms with Crippen LogP contribution in [0.15, 0.2) is 82.6 Å². The van der Waals surface area contributed by atoms with Crippen LogP contribution in [0.3, 0.4) is 0 Å². The highest BCUT2D eigenvalue weighted by atomic mass is 35.5. The van der Waals surface area contributed by atoms with Crippen molar-refractivity contribution in [2.75, 3.05) is 5.32 Å². The number of carbonyl (C=O) groups excluding carboxylic acids is 1. The van der Waals surface area contributed by atoms with E-state index in [9.17, 15) is 17.6 Å². The highest BCUT2D eigenvalue weighted by Gasteiger charge is 2.17. The van der Waals surface area contributed by atoms with Crippen LogP contribution in [0.1, 0.15) is 10.4 Å². The molecule has 0 aliphatic rings. The molecule has 0 radical (unpaired) electrons. The molecule has 0 atom stereocenters. The number of nitrogens with one attached hydrogen (secondary N) is 1. The molecule has 0 aliphatic heterocycles. The Morgan fingerprint density at radius 3 is 1.85 bits per heavy atom. The quantitative estimate of drug-likeness (QED) is 0.711. The van der Waals surface area contributed by atoms with E-state index < -0.39 is 21.6 Å². The Kier molecular flexibility index (Phi) is 5.06. The minimum Gasteiger partial charge on any atom is -0.322 e. The number of benzene rings is 3. The van der Waals surface area contributed by atoms with Gasteiger partial charge in [0, 0.05) is 16.3 Å². The minimum absolute atomic E-state index is 0.0969. The van der Waals surface area contributed by atoms with Crippen molar-refractivity contribution in [1.82, 2.24) is 0 Å². The van der Waals surface area contributed by atoms with Gasteiger partial charge in [-0.05, 0) is 72.8 Å². The molecular weight excluding hydrogens is 377 g/mol. The highest BCUT2D eigenvalue weighted by molar-refractivity contribution is 7.91. The van der Waals surface area contributed by atoms with Crippen LogP contribution in [-0.4, -0.2) is 14.3 Å². The average Bonchev–Trinajstić information content (AvgIpc) is 2.63. The molecule has 0 fully saturated rings. The van der Waals surface area contributed by atoms with Crippen LogP contribution >= 0.6 is 11.6 Å². The lowest BCUT2D eigenvalue weighted by Gasteiger charge is -2.08. The van der Waals surface area contributed by atoms with Gasteiger partial charge in [0.2, 0.25) is 9.84 Å². The van der Waals surface area contributed by atoms with Crippen molar-refractivity contribution in [2.24, 2.45) is 0 Å². The van der Waals surface area contributed by atoms with Gasteiger partial charge in [-0.1, -0.05) is 11.6 Å². The molecule has 0 spiro atoms. The van der Waals surface area contributed by atoms with E-state index in [1.54, 1.807) is 0 Å². The Hall–Kier alpha value is -2.70. The number of halogens is 2. The Balaban J connectivity index is 1.78. The lowest BCUT2D eigenvalue weighted by atomic mass is 10.2. The van der Waals surface area contributed by atoms with Crippen molar-refractivity contribution in [3.63, 3.8) is 0 Å². The smallest absolute Gasteiger partial charge is 0.255 e. The second-order valence-corrected chi connectivity index (χ2v) is 7.83. The second-order valence-electron chi connectivity index (χ2n) is 5.44.